The number of fused-ring (bicyclic) bond motifs is 1. The topological polar surface area (TPSA) is 32.8 Å². The molecule has 1 aromatic heterocycles. The minimum Gasteiger partial charge on any atom is -0.494 e. The number of benzene rings is 2. The molecule has 158 valence electrons. The Morgan fingerprint density at radius 1 is 1.20 bits per heavy atom. The number of thiophene rings is 1. The highest BCUT2D eigenvalue weighted by atomic mass is 32.1. The maximum Gasteiger partial charge on any atom is 0.263 e. The minimum absolute atomic E-state index is 0.0948. The van der Waals surface area contributed by atoms with Crippen molar-refractivity contribution in [3.8, 4) is 5.75 Å². The first-order chi connectivity index (χ1) is 14.5. The van der Waals surface area contributed by atoms with Crippen LogP contribution in [0.5, 0.6) is 5.75 Å². The molecule has 0 unspecified atom stereocenters. The highest BCUT2D eigenvalue weighted by Gasteiger charge is 2.30. The second-order valence-electron chi connectivity index (χ2n) is 7.98. The second kappa shape index (κ2) is 9.14. The Bertz CT molecular complexity index is 1020. The third-order valence-corrected chi connectivity index (χ3v) is 6.79. The SMILES string of the molecule is CN(C)C(=O)c1sc2ccccc2c1[C@H]1CCN(CCCOc2ccc(F)cc2)C1. The van der Waals surface area contributed by atoms with Crippen LogP contribution in [0.3, 0.4) is 0 Å². The van der Waals surface area contributed by atoms with Crippen molar-refractivity contribution < 1.29 is 13.9 Å². The number of ether oxygens (including phenoxy) is 1. The lowest BCUT2D eigenvalue weighted by Gasteiger charge is -2.18. The molecule has 1 aliphatic rings. The standard InChI is InChI=1S/C24H27FN2O2S/c1-26(2)24(28)23-22(20-6-3-4-7-21(20)30-23)17-12-14-27(16-17)13-5-15-29-19-10-8-18(25)9-11-19/h3-4,6-11,17H,5,12-16H2,1-2H3/t17-/m0/s1. The molecule has 0 spiro atoms. The van der Waals surface area contributed by atoms with Gasteiger partial charge in [0.25, 0.3) is 5.91 Å². The molecule has 0 bridgehead atoms. The third kappa shape index (κ3) is 4.50. The molecule has 4 rings (SSSR count). The summed E-state index contributed by atoms with van der Waals surface area (Å²) < 4.78 is 19.9. The van der Waals surface area contributed by atoms with Gasteiger partial charge in [0.15, 0.2) is 0 Å². The summed E-state index contributed by atoms with van der Waals surface area (Å²) >= 11 is 1.61. The average molecular weight is 427 g/mol. The van der Waals surface area contributed by atoms with Crippen molar-refractivity contribution >= 4 is 27.3 Å². The van der Waals surface area contributed by atoms with Crippen LogP contribution in [-0.4, -0.2) is 56.0 Å². The van der Waals surface area contributed by atoms with E-state index >= 15 is 0 Å². The number of halogens is 1. The monoisotopic (exact) mass is 426 g/mol. The summed E-state index contributed by atoms with van der Waals surface area (Å²) in [5.41, 5.74) is 1.22. The van der Waals surface area contributed by atoms with E-state index in [-0.39, 0.29) is 11.7 Å². The molecule has 2 heterocycles. The summed E-state index contributed by atoms with van der Waals surface area (Å²) in [6, 6.07) is 14.5. The van der Waals surface area contributed by atoms with E-state index in [1.807, 2.05) is 20.2 Å². The summed E-state index contributed by atoms with van der Waals surface area (Å²) in [6.45, 7) is 3.56. The van der Waals surface area contributed by atoms with Crippen molar-refractivity contribution in [1.29, 1.82) is 0 Å². The molecule has 30 heavy (non-hydrogen) atoms. The lowest BCUT2D eigenvalue weighted by molar-refractivity contribution is 0.0831. The zero-order chi connectivity index (χ0) is 21.1. The van der Waals surface area contributed by atoms with Crippen molar-refractivity contribution in [1.82, 2.24) is 9.80 Å². The lowest BCUT2D eigenvalue weighted by Crippen LogP contribution is -2.24. The van der Waals surface area contributed by atoms with Crippen LogP contribution in [0, 0.1) is 5.82 Å². The fourth-order valence-corrected chi connectivity index (χ4v) is 5.42. The van der Waals surface area contributed by atoms with Gasteiger partial charge in [-0.05, 0) is 60.7 Å². The zero-order valence-electron chi connectivity index (χ0n) is 17.4. The van der Waals surface area contributed by atoms with Crippen molar-refractivity contribution in [2.75, 3.05) is 40.3 Å². The van der Waals surface area contributed by atoms with Crippen LogP contribution in [0.1, 0.15) is 34.0 Å². The van der Waals surface area contributed by atoms with E-state index in [4.69, 9.17) is 4.74 Å². The van der Waals surface area contributed by atoms with Crippen LogP contribution >= 0.6 is 11.3 Å². The Labute approximate surface area is 180 Å². The molecule has 1 fully saturated rings. The van der Waals surface area contributed by atoms with Gasteiger partial charge in [0.05, 0.1) is 11.5 Å². The number of carbonyl (C=O) groups excluding carboxylic acids is 1. The number of likely N-dealkylation sites (tertiary alicyclic amines) is 1. The van der Waals surface area contributed by atoms with Crippen molar-refractivity contribution in [2.24, 2.45) is 0 Å². The lowest BCUT2D eigenvalue weighted by atomic mass is 9.95. The molecule has 6 heteroatoms. The molecule has 0 saturated carbocycles. The van der Waals surface area contributed by atoms with E-state index in [0.29, 0.717) is 18.3 Å². The molecule has 1 atom stereocenters. The number of amides is 1. The number of hydrogen-bond donors (Lipinski definition) is 0. The zero-order valence-corrected chi connectivity index (χ0v) is 18.3. The molecular weight excluding hydrogens is 399 g/mol. The molecule has 0 N–H and O–H groups in total. The van der Waals surface area contributed by atoms with E-state index in [2.05, 4.69) is 23.1 Å². The normalized spacial score (nSPS) is 16.8. The van der Waals surface area contributed by atoms with E-state index in [1.165, 1.54) is 27.8 Å². The average Bonchev–Trinajstić information content (AvgIpc) is 3.36. The molecule has 1 saturated heterocycles. The van der Waals surface area contributed by atoms with Gasteiger partial charge in [0.1, 0.15) is 11.6 Å². The molecule has 2 aromatic carbocycles. The Morgan fingerprint density at radius 2 is 1.97 bits per heavy atom. The van der Waals surface area contributed by atoms with Crippen LogP contribution in [0.25, 0.3) is 10.1 Å². The van der Waals surface area contributed by atoms with Crippen LogP contribution in [0.4, 0.5) is 4.39 Å². The minimum atomic E-state index is -0.251. The maximum absolute atomic E-state index is 13.0. The smallest absolute Gasteiger partial charge is 0.263 e. The summed E-state index contributed by atoms with van der Waals surface area (Å²) in [4.78, 5) is 17.8. The number of hydrogen-bond acceptors (Lipinski definition) is 4. The number of rotatable bonds is 7. The Kier molecular flexibility index (Phi) is 6.35. The molecular formula is C24H27FN2O2S. The predicted octanol–water partition coefficient (Wildman–Crippen LogP) is 5.00. The maximum atomic E-state index is 13.0. The Hall–Kier alpha value is -2.44. The molecule has 0 aliphatic carbocycles. The van der Waals surface area contributed by atoms with Gasteiger partial charge in [-0.3, -0.25) is 4.79 Å². The van der Waals surface area contributed by atoms with Crippen LogP contribution in [0.2, 0.25) is 0 Å². The third-order valence-electron chi connectivity index (χ3n) is 5.62. The van der Waals surface area contributed by atoms with E-state index in [9.17, 15) is 9.18 Å². The first kappa shape index (κ1) is 20.8. The van der Waals surface area contributed by atoms with Gasteiger partial charge in [0.2, 0.25) is 0 Å². The van der Waals surface area contributed by atoms with Crippen molar-refractivity contribution in [2.45, 2.75) is 18.8 Å². The van der Waals surface area contributed by atoms with E-state index in [0.717, 1.165) is 37.4 Å². The molecule has 1 amide bonds. The van der Waals surface area contributed by atoms with Gasteiger partial charge >= 0.3 is 0 Å². The first-order valence-corrected chi connectivity index (χ1v) is 11.2. The Balaban J connectivity index is 1.39. The molecule has 4 nitrogen and oxygen atoms in total. The van der Waals surface area contributed by atoms with Gasteiger partial charge in [-0.15, -0.1) is 11.3 Å². The van der Waals surface area contributed by atoms with Crippen LogP contribution < -0.4 is 4.74 Å². The largest absolute Gasteiger partial charge is 0.494 e. The Morgan fingerprint density at radius 3 is 2.73 bits per heavy atom. The fraction of sp³-hybridized carbons (Fsp3) is 0.375. The fourth-order valence-electron chi connectivity index (χ4n) is 4.11. The first-order valence-electron chi connectivity index (χ1n) is 10.4. The molecule has 1 aliphatic heterocycles. The van der Waals surface area contributed by atoms with Crippen molar-refractivity contribution in [3.63, 3.8) is 0 Å². The predicted molar refractivity (Wildman–Crippen MR) is 120 cm³/mol. The van der Waals surface area contributed by atoms with Gasteiger partial charge in [0, 0.05) is 37.8 Å². The summed E-state index contributed by atoms with van der Waals surface area (Å²) in [5, 5.41) is 1.22. The van der Waals surface area contributed by atoms with E-state index < -0.39 is 0 Å². The highest BCUT2D eigenvalue weighted by molar-refractivity contribution is 7.21. The molecule has 0 radical (unpaired) electrons. The van der Waals surface area contributed by atoms with Crippen LogP contribution in [0.15, 0.2) is 48.5 Å². The van der Waals surface area contributed by atoms with Gasteiger partial charge in [-0.2, -0.15) is 0 Å². The van der Waals surface area contributed by atoms with Gasteiger partial charge in [-0.1, -0.05) is 18.2 Å². The van der Waals surface area contributed by atoms with E-state index in [1.54, 1.807) is 28.4 Å². The quantitative estimate of drug-likeness (QED) is 0.499. The van der Waals surface area contributed by atoms with Gasteiger partial charge in [-0.25, -0.2) is 4.39 Å². The highest BCUT2D eigenvalue weighted by Crippen LogP contribution is 2.40. The second-order valence-corrected chi connectivity index (χ2v) is 9.03. The number of carbonyl (C=O) groups is 1. The summed E-state index contributed by atoms with van der Waals surface area (Å²) in [5.74, 6) is 0.918. The van der Waals surface area contributed by atoms with Crippen molar-refractivity contribution in [3.05, 3.63) is 64.8 Å². The summed E-state index contributed by atoms with van der Waals surface area (Å²) in [6.07, 6.45) is 1.98. The summed E-state index contributed by atoms with van der Waals surface area (Å²) in [7, 11) is 3.64. The number of nitrogens with zero attached hydrogens (tertiary/aromatic N) is 2. The molecule has 3 aromatic rings. The van der Waals surface area contributed by atoms with Crippen LogP contribution in [-0.2, 0) is 0 Å². The van der Waals surface area contributed by atoms with Gasteiger partial charge < -0.3 is 14.5 Å².